The summed E-state index contributed by atoms with van der Waals surface area (Å²) in [7, 11) is 1.45. The Morgan fingerprint density at radius 2 is 1.13 bits per heavy atom. The molecular formula is C13H16Si2. The molecule has 0 bridgehead atoms. The normalized spacial score (nSPS) is 11.5. The zero-order chi connectivity index (χ0) is 10.5. The molecule has 2 aromatic rings. The van der Waals surface area contributed by atoms with Crippen molar-refractivity contribution in [2.24, 2.45) is 0 Å². The maximum Gasteiger partial charge on any atom is 0.0189 e. The number of benzene rings is 2. The molecule has 2 rings (SSSR count). The van der Waals surface area contributed by atoms with E-state index in [1.807, 2.05) is 0 Å². The van der Waals surface area contributed by atoms with Crippen LogP contribution in [0.3, 0.4) is 0 Å². The summed E-state index contributed by atoms with van der Waals surface area (Å²) in [4.78, 5) is 0. The van der Waals surface area contributed by atoms with Crippen molar-refractivity contribution in [1.29, 1.82) is 0 Å². The van der Waals surface area contributed by atoms with Gasteiger partial charge in [-0.25, -0.2) is 0 Å². The fraction of sp³-hybridized carbons (Fsp3) is 0.0769. The van der Waals surface area contributed by atoms with Gasteiger partial charge in [0, 0.05) is 9.04 Å². The first-order valence-corrected chi connectivity index (χ1v) is 12.0. The van der Waals surface area contributed by atoms with Crippen LogP contribution in [0.5, 0.6) is 0 Å². The molecule has 0 heterocycles. The first-order chi connectivity index (χ1) is 7.42. The second kappa shape index (κ2) is 5.10. The van der Waals surface area contributed by atoms with Gasteiger partial charge in [-0.15, -0.1) is 0 Å². The van der Waals surface area contributed by atoms with Gasteiger partial charge in [0.05, 0.1) is 0 Å². The van der Waals surface area contributed by atoms with Crippen molar-refractivity contribution in [2.75, 3.05) is 0 Å². The van der Waals surface area contributed by atoms with Crippen molar-refractivity contribution < 1.29 is 0 Å². The van der Waals surface area contributed by atoms with E-state index >= 15 is 0 Å². The average Bonchev–Trinajstić information content (AvgIpc) is 2.33. The van der Waals surface area contributed by atoms with Crippen molar-refractivity contribution in [2.45, 2.75) is 5.54 Å². The van der Waals surface area contributed by atoms with Crippen LogP contribution in [-0.2, 0) is 0 Å². The Morgan fingerprint density at radius 1 is 0.733 bits per heavy atom. The van der Waals surface area contributed by atoms with Crippen LogP contribution >= 0.6 is 0 Å². The van der Waals surface area contributed by atoms with Crippen molar-refractivity contribution in [1.82, 2.24) is 0 Å². The predicted molar refractivity (Wildman–Crippen MR) is 73.2 cm³/mol. The Kier molecular flexibility index (Phi) is 3.53. The van der Waals surface area contributed by atoms with E-state index in [2.05, 4.69) is 60.7 Å². The lowest BCUT2D eigenvalue weighted by molar-refractivity contribution is 1.13. The zero-order valence-electron chi connectivity index (χ0n) is 9.06. The van der Waals surface area contributed by atoms with E-state index in [0.717, 1.165) is 5.54 Å². The van der Waals surface area contributed by atoms with Gasteiger partial charge >= 0.3 is 0 Å². The monoisotopic (exact) mass is 228 g/mol. The molecule has 0 saturated heterocycles. The van der Waals surface area contributed by atoms with Gasteiger partial charge in [0.25, 0.3) is 0 Å². The molecule has 0 unspecified atom stereocenters. The van der Waals surface area contributed by atoms with E-state index in [-0.39, 0.29) is 9.04 Å². The highest BCUT2D eigenvalue weighted by molar-refractivity contribution is 6.90. The van der Waals surface area contributed by atoms with E-state index < -0.39 is 0 Å². The van der Waals surface area contributed by atoms with Crippen molar-refractivity contribution in [3.63, 3.8) is 0 Å². The van der Waals surface area contributed by atoms with Gasteiger partial charge < -0.3 is 0 Å². The first kappa shape index (κ1) is 10.4. The molecule has 0 aliphatic carbocycles. The summed E-state index contributed by atoms with van der Waals surface area (Å²) < 4.78 is 0. The molecule has 0 radical (unpaired) electrons. The number of hydrogen-bond acceptors (Lipinski definition) is 0. The van der Waals surface area contributed by atoms with E-state index in [9.17, 15) is 0 Å². The van der Waals surface area contributed by atoms with Gasteiger partial charge in [-0.2, -0.15) is 0 Å². The molecule has 0 nitrogen and oxygen atoms in total. The van der Waals surface area contributed by atoms with Gasteiger partial charge in [-0.1, -0.05) is 60.7 Å². The van der Waals surface area contributed by atoms with Gasteiger partial charge in [-0.05, 0) is 26.4 Å². The van der Waals surface area contributed by atoms with E-state index in [0.29, 0.717) is 0 Å². The minimum Gasteiger partial charge on any atom is -0.0622 e. The summed E-state index contributed by atoms with van der Waals surface area (Å²) in [5, 5.41) is 0. The van der Waals surface area contributed by atoms with Crippen LogP contribution in [0.25, 0.3) is 0 Å². The Labute approximate surface area is 96.4 Å². The van der Waals surface area contributed by atoms with Crippen molar-refractivity contribution in [3.8, 4) is 0 Å². The molecule has 76 valence electrons. The fourth-order valence-electron chi connectivity index (χ4n) is 2.03. The highest BCUT2D eigenvalue weighted by Crippen LogP contribution is 2.22. The van der Waals surface area contributed by atoms with Gasteiger partial charge in [0.2, 0.25) is 0 Å². The molecule has 15 heavy (non-hydrogen) atoms. The topological polar surface area (TPSA) is 0 Å². The molecule has 2 aromatic carbocycles. The molecule has 0 spiro atoms. The quantitative estimate of drug-likeness (QED) is 0.693. The second-order valence-electron chi connectivity index (χ2n) is 3.78. The molecule has 0 N–H and O–H groups in total. The molecule has 0 saturated carbocycles. The lowest BCUT2D eigenvalue weighted by Crippen LogP contribution is -2.09. The standard InChI is InChI=1S/C13H16Si2/c14-15-13(11-7-3-1-4-8-11)12-9-5-2-6-10-12/h1-10,13H,15H2,14H3. The summed E-state index contributed by atoms with van der Waals surface area (Å²) in [6.45, 7) is 0. The van der Waals surface area contributed by atoms with Gasteiger partial charge in [0.15, 0.2) is 0 Å². The maximum absolute atomic E-state index is 2.27. The Hall–Kier alpha value is -1.13. The average molecular weight is 228 g/mol. The molecule has 0 aliphatic rings. The smallest absolute Gasteiger partial charge is 0.0189 e. The molecule has 2 heteroatoms. The highest BCUT2D eigenvalue weighted by atomic mass is 29.1. The van der Waals surface area contributed by atoms with Crippen LogP contribution in [0.1, 0.15) is 16.7 Å². The molecule has 0 atom stereocenters. The minimum atomic E-state index is 0.0703. The second-order valence-corrected chi connectivity index (χ2v) is 7.86. The maximum atomic E-state index is 2.27. The molecule has 0 fully saturated rings. The van der Waals surface area contributed by atoms with Gasteiger partial charge in [0.1, 0.15) is 0 Å². The van der Waals surface area contributed by atoms with Gasteiger partial charge in [-0.3, -0.25) is 0 Å². The Morgan fingerprint density at radius 3 is 1.47 bits per heavy atom. The van der Waals surface area contributed by atoms with Crippen molar-refractivity contribution >= 4 is 18.8 Å². The van der Waals surface area contributed by atoms with Crippen LogP contribution in [0.4, 0.5) is 0 Å². The summed E-state index contributed by atoms with van der Waals surface area (Å²) >= 11 is 0. The highest BCUT2D eigenvalue weighted by Gasteiger charge is 2.10. The van der Waals surface area contributed by atoms with Crippen molar-refractivity contribution in [3.05, 3.63) is 71.8 Å². The first-order valence-electron chi connectivity index (χ1n) is 5.51. The summed E-state index contributed by atoms with van der Waals surface area (Å²) in [6, 6.07) is 21.9. The van der Waals surface area contributed by atoms with E-state index in [4.69, 9.17) is 0 Å². The molecule has 0 aromatic heterocycles. The van der Waals surface area contributed by atoms with Crippen LogP contribution in [0, 0.1) is 0 Å². The lowest BCUT2D eigenvalue weighted by Gasteiger charge is -2.15. The van der Waals surface area contributed by atoms with E-state index in [1.165, 1.54) is 20.9 Å². The van der Waals surface area contributed by atoms with Crippen LogP contribution in [0.15, 0.2) is 60.7 Å². The summed E-state index contributed by atoms with van der Waals surface area (Å²) in [5.41, 5.74) is 3.75. The largest absolute Gasteiger partial charge is 0.0622 e. The van der Waals surface area contributed by atoms with Crippen LogP contribution < -0.4 is 0 Å². The zero-order valence-corrected chi connectivity index (χ0v) is 12.5. The lowest BCUT2D eigenvalue weighted by atomic mass is 10.0. The van der Waals surface area contributed by atoms with E-state index in [1.54, 1.807) is 0 Å². The molecular weight excluding hydrogens is 212 g/mol. The number of hydrogen-bond donors (Lipinski definition) is 0. The molecule has 0 aliphatic heterocycles. The third kappa shape index (κ3) is 2.46. The van der Waals surface area contributed by atoms with Crippen LogP contribution in [0.2, 0.25) is 0 Å². The Bertz CT molecular complexity index is 358. The summed E-state index contributed by atoms with van der Waals surface area (Å²) in [5.74, 6) is 0. The third-order valence-corrected chi connectivity index (χ3v) is 7.02. The Balaban J connectivity index is 2.34. The predicted octanol–water partition coefficient (Wildman–Crippen LogP) is 1.23. The number of rotatable bonds is 3. The summed E-state index contributed by atoms with van der Waals surface area (Å²) in [6.07, 6.45) is 0. The van der Waals surface area contributed by atoms with Crippen LogP contribution in [-0.4, -0.2) is 18.8 Å². The third-order valence-electron chi connectivity index (χ3n) is 2.81. The molecule has 0 amide bonds. The SMILES string of the molecule is [SiH3][SiH2]C(c1ccccc1)c1ccccc1. The fourth-order valence-corrected chi connectivity index (χ4v) is 6.35. The minimum absolute atomic E-state index is 0.0703.